The third-order valence-corrected chi connectivity index (χ3v) is 4.74. The minimum atomic E-state index is 0. The van der Waals surface area contributed by atoms with E-state index < -0.39 is 0 Å². The van der Waals surface area contributed by atoms with Gasteiger partial charge in [-0.3, -0.25) is 0 Å². The number of halogens is 3. The van der Waals surface area contributed by atoms with E-state index in [-0.39, 0.29) is 18.4 Å². The summed E-state index contributed by atoms with van der Waals surface area (Å²) in [4.78, 5) is 0. The molecule has 0 saturated carbocycles. The van der Waals surface area contributed by atoms with Gasteiger partial charge in [0.25, 0.3) is 5.22 Å². The molecule has 0 spiro atoms. The first-order valence-electron chi connectivity index (χ1n) is 6.36. The number of hydrogen-bond donors (Lipinski definition) is 1. The maximum absolute atomic E-state index is 6.13. The van der Waals surface area contributed by atoms with E-state index in [0.717, 1.165) is 24.9 Å². The lowest BCUT2D eigenvalue weighted by Gasteiger charge is -2.04. The monoisotopic (exact) mass is 364 g/mol. The molecule has 21 heavy (non-hydrogen) atoms. The molecule has 0 radical (unpaired) electrons. The number of rotatable bonds is 4. The second kappa shape index (κ2) is 7.70. The van der Waals surface area contributed by atoms with Gasteiger partial charge in [0, 0.05) is 15.8 Å². The number of nitrogens with zero attached hydrogens (tertiary/aromatic N) is 2. The summed E-state index contributed by atoms with van der Waals surface area (Å²) in [6.45, 7) is 1.00. The van der Waals surface area contributed by atoms with Crippen LogP contribution < -0.4 is 17.7 Å². The molecule has 0 aliphatic carbocycles. The average molecular weight is 366 g/mol. The third-order valence-electron chi connectivity index (χ3n) is 3.18. The van der Waals surface area contributed by atoms with E-state index in [0.29, 0.717) is 26.9 Å². The van der Waals surface area contributed by atoms with Crippen molar-refractivity contribution in [2.45, 2.75) is 29.9 Å². The summed E-state index contributed by atoms with van der Waals surface area (Å²) in [6.07, 6.45) is 2.19. The summed E-state index contributed by atoms with van der Waals surface area (Å²) in [5, 5.41) is 13.3. The second-order valence-corrected chi connectivity index (χ2v) is 6.29. The summed E-state index contributed by atoms with van der Waals surface area (Å²) >= 11 is 13.7. The summed E-state index contributed by atoms with van der Waals surface area (Å²) in [5.41, 5.74) is 0.888. The number of thioether (sulfide) groups is 1. The van der Waals surface area contributed by atoms with Crippen LogP contribution in [0.25, 0.3) is 0 Å². The van der Waals surface area contributed by atoms with Crippen LogP contribution in [0, 0.1) is 0 Å². The van der Waals surface area contributed by atoms with Crippen molar-refractivity contribution in [2.75, 3.05) is 6.54 Å². The molecule has 0 bridgehead atoms. The van der Waals surface area contributed by atoms with Gasteiger partial charge in [0.15, 0.2) is 0 Å². The first kappa shape index (κ1) is 16.9. The van der Waals surface area contributed by atoms with Crippen LogP contribution in [0.15, 0.2) is 27.8 Å². The summed E-state index contributed by atoms with van der Waals surface area (Å²) < 4.78 is 5.66. The lowest BCUT2D eigenvalue weighted by molar-refractivity contribution is -0.00000449. The zero-order chi connectivity index (χ0) is 13.9. The lowest BCUT2D eigenvalue weighted by atomic mass is 10.2. The fourth-order valence-corrected chi connectivity index (χ4v) is 3.63. The zero-order valence-electron chi connectivity index (χ0n) is 11.0. The van der Waals surface area contributed by atoms with Gasteiger partial charge in [-0.15, -0.1) is 10.2 Å². The van der Waals surface area contributed by atoms with Gasteiger partial charge >= 0.3 is 0 Å². The number of aromatic nitrogens is 2. The van der Waals surface area contributed by atoms with Crippen molar-refractivity contribution in [3.8, 4) is 0 Å². The Morgan fingerprint density at radius 1 is 1.29 bits per heavy atom. The highest BCUT2D eigenvalue weighted by Crippen LogP contribution is 2.32. The summed E-state index contributed by atoms with van der Waals surface area (Å²) in [7, 11) is 0. The fourth-order valence-electron chi connectivity index (χ4n) is 2.12. The van der Waals surface area contributed by atoms with Crippen molar-refractivity contribution in [3.05, 3.63) is 39.7 Å². The van der Waals surface area contributed by atoms with Crippen molar-refractivity contribution < 1.29 is 16.8 Å². The number of nitrogens with one attached hydrogen (secondary N) is 1. The van der Waals surface area contributed by atoms with Crippen molar-refractivity contribution in [3.63, 3.8) is 0 Å². The van der Waals surface area contributed by atoms with E-state index in [1.807, 2.05) is 18.2 Å². The normalized spacial score (nSPS) is 17.7. The van der Waals surface area contributed by atoms with E-state index in [1.165, 1.54) is 11.8 Å². The number of benzene rings is 1. The Morgan fingerprint density at radius 3 is 2.71 bits per heavy atom. The van der Waals surface area contributed by atoms with Gasteiger partial charge in [-0.1, -0.05) is 41.0 Å². The Labute approximate surface area is 143 Å². The molecule has 1 aromatic heterocycles. The molecule has 1 N–H and O–H groups in total. The summed E-state index contributed by atoms with van der Waals surface area (Å²) in [5.74, 6) is 1.27. The van der Waals surface area contributed by atoms with E-state index in [1.54, 1.807) is 0 Å². The molecule has 1 aliphatic rings. The van der Waals surface area contributed by atoms with Crippen molar-refractivity contribution in [1.82, 2.24) is 15.5 Å². The Kier molecular flexibility index (Phi) is 6.20. The molecule has 3 rings (SSSR count). The van der Waals surface area contributed by atoms with Crippen LogP contribution in [0.2, 0.25) is 10.0 Å². The molecule has 114 valence electrons. The van der Waals surface area contributed by atoms with Gasteiger partial charge in [0.05, 0.1) is 6.04 Å². The van der Waals surface area contributed by atoms with E-state index in [4.69, 9.17) is 27.6 Å². The molecular formula is C13H13Cl3N3OS-. The lowest BCUT2D eigenvalue weighted by Crippen LogP contribution is -3.00. The van der Waals surface area contributed by atoms with Gasteiger partial charge in [-0.25, -0.2) is 0 Å². The minimum absolute atomic E-state index is 0. The third kappa shape index (κ3) is 4.05. The predicted molar refractivity (Wildman–Crippen MR) is 80.3 cm³/mol. The molecule has 2 heterocycles. The zero-order valence-corrected chi connectivity index (χ0v) is 14.1. The molecule has 0 amide bonds. The SMILES string of the molecule is Clc1cccc(Cl)c1CSc1nnc([C@@H]2CCCN2)o1.[Cl-]. The van der Waals surface area contributed by atoms with E-state index in [2.05, 4.69) is 15.5 Å². The van der Waals surface area contributed by atoms with Crippen molar-refractivity contribution >= 4 is 35.0 Å². The molecular weight excluding hydrogens is 353 g/mol. The van der Waals surface area contributed by atoms with Crippen LogP contribution in [-0.2, 0) is 5.75 Å². The molecule has 2 aromatic rings. The van der Waals surface area contributed by atoms with E-state index >= 15 is 0 Å². The quantitative estimate of drug-likeness (QED) is 0.822. The highest BCUT2D eigenvalue weighted by Gasteiger charge is 2.22. The van der Waals surface area contributed by atoms with Crippen LogP contribution in [-0.4, -0.2) is 16.7 Å². The van der Waals surface area contributed by atoms with Crippen molar-refractivity contribution in [2.24, 2.45) is 0 Å². The van der Waals surface area contributed by atoms with Crippen molar-refractivity contribution in [1.29, 1.82) is 0 Å². The van der Waals surface area contributed by atoms with Crippen LogP contribution >= 0.6 is 35.0 Å². The minimum Gasteiger partial charge on any atom is -1.00 e. The summed E-state index contributed by atoms with van der Waals surface area (Å²) in [6, 6.07) is 5.67. The topological polar surface area (TPSA) is 51.0 Å². The second-order valence-electron chi connectivity index (χ2n) is 4.54. The van der Waals surface area contributed by atoms with E-state index in [9.17, 15) is 0 Å². The maximum Gasteiger partial charge on any atom is 0.276 e. The van der Waals surface area contributed by atoms with Gasteiger partial charge in [0.2, 0.25) is 5.89 Å². The molecule has 1 atom stereocenters. The number of hydrogen-bond acceptors (Lipinski definition) is 5. The van der Waals surface area contributed by atoms with Gasteiger partial charge in [-0.2, -0.15) is 0 Å². The average Bonchev–Trinajstić information content (AvgIpc) is 3.09. The maximum atomic E-state index is 6.13. The molecule has 8 heteroatoms. The standard InChI is InChI=1S/C13H13Cl2N3OS.ClH/c14-9-3-1-4-10(15)8(9)7-20-13-18-17-12(19-13)11-5-2-6-16-11;/h1,3-4,11,16H,2,5-7H2;1H/p-1/t11-;/m0./s1. The molecule has 1 fully saturated rings. The first-order valence-corrected chi connectivity index (χ1v) is 8.10. The Bertz CT molecular complexity index is 582. The smallest absolute Gasteiger partial charge is 0.276 e. The van der Waals surface area contributed by atoms with Gasteiger partial charge in [0.1, 0.15) is 0 Å². The van der Waals surface area contributed by atoms with Crippen LogP contribution in [0.3, 0.4) is 0 Å². The highest BCUT2D eigenvalue weighted by atomic mass is 35.5. The van der Waals surface area contributed by atoms with Gasteiger partial charge < -0.3 is 22.1 Å². The molecule has 0 unspecified atom stereocenters. The van der Waals surface area contributed by atoms with Crippen LogP contribution in [0.4, 0.5) is 0 Å². The Hall–Kier alpha value is -0.460. The van der Waals surface area contributed by atoms with Crippen LogP contribution in [0.5, 0.6) is 0 Å². The fraction of sp³-hybridized carbons (Fsp3) is 0.385. The molecule has 1 aromatic carbocycles. The van der Waals surface area contributed by atoms with Crippen LogP contribution in [0.1, 0.15) is 30.3 Å². The molecule has 1 saturated heterocycles. The predicted octanol–water partition coefficient (Wildman–Crippen LogP) is 1.10. The Balaban J connectivity index is 0.00000161. The molecule has 1 aliphatic heterocycles. The first-order chi connectivity index (χ1) is 9.74. The highest BCUT2D eigenvalue weighted by molar-refractivity contribution is 7.98. The van der Waals surface area contributed by atoms with Gasteiger partial charge in [-0.05, 0) is 37.1 Å². The largest absolute Gasteiger partial charge is 1.00 e. The Morgan fingerprint density at radius 2 is 2.05 bits per heavy atom. The molecule has 4 nitrogen and oxygen atoms in total.